The number of benzene rings is 2. The number of ether oxygens (including phenoxy) is 2. The van der Waals surface area contributed by atoms with Crippen LogP contribution in [0.15, 0.2) is 53.3 Å². The Bertz CT molecular complexity index is 1130. The molecule has 1 aliphatic heterocycles. The maximum absolute atomic E-state index is 13.0. The number of hydrogen-bond donors (Lipinski definition) is 0. The van der Waals surface area contributed by atoms with Gasteiger partial charge in [0.15, 0.2) is 0 Å². The second-order valence-electron chi connectivity index (χ2n) is 8.65. The van der Waals surface area contributed by atoms with Gasteiger partial charge in [0.2, 0.25) is 0 Å². The summed E-state index contributed by atoms with van der Waals surface area (Å²) in [5, 5.41) is 1.03. The van der Waals surface area contributed by atoms with Crippen LogP contribution in [-0.2, 0) is 18.3 Å². The maximum Gasteiger partial charge on any atom is 0.255 e. The van der Waals surface area contributed by atoms with Gasteiger partial charge in [-0.3, -0.25) is 9.69 Å². The topological polar surface area (TPSA) is 50.2 Å². The Morgan fingerprint density at radius 1 is 0.970 bits per heavy atom. The summed E-state index contributed by atoms with van der Waals surface area (Å²) < 4.78 is 12.2. The van der Waals surface area contributed by atoms with Gasteiger partial charge in [-0.2, -0.15) is 0 Å². The number of aryl methyl sites for hydroxylation is 1. The first kappa shape index (κ1) is 23.1. The number of rotatable bonds is 8. The third-order valence-electron chi connectivity index (χ3n) is 6.56. The average Bonchev–Trinajstić information content (AvgIpc) is 2.86. The van der Waals surface area contributed by atoms with Crippen molar-refractivity contribution in [1.82, 2.24) is 9.47 Å². The lowest BCUT2D eigenvalue weighted by molar-refractivity contribution is 0.144. The molecular weight excluding hydrogens is 416 g/mol. The minimum atomic E-state index is 0.0190. The molecule has 1 aliphatic rings. The average molecular weight is 451 g/mol. The summed E-state index contributed by atoms with van der Waals surface area (Å²) >= 11 is 0. The van der Waals surface area contributed by atoms with Crippen LogP contribution in [0.5, 0.6) is 5.75 Å². The zero-order chi connectivity index (χ0) is 23.4. The second-order valence-corrected chi connectivity index (χ2v) is 8.65. The number of fused-ring (bicyclic) bond motifs is 1. The quantitative estimate of drug-likeness (QED) is 0.526. The number of aromatic nitrogens is 1. The first-order valence-corrected chi connectivity index (χ1v) is 11.4. The predicted molar refractivity (Wildman–Crippen MR) is 135 cm³/mol. The molecule has 4 rings (SSSR count). The molecule has 2 heterocycles. The summed E-state index contributed by atoms with van der Waals surface area (Å²) in [5.74, 6) is 0.749. The smallest absolute Gasteiger partial charge is 0.255 e. The minimum absolute atomic E-state index is 0.0190. The van der Waals surface area contributed by atoms with Gasteiger partial charge >= 0.3 is 0 Å². The number of pyridine rings is 1. The highest BCUT2D eigenvalue weighted by molar-refractivity contribution is 5.81. The number of piperazine rings is 1. The van der Waals surface area contributed by atoms with Crippen LogP contribution < -0.4 is 20.1 Å². The first-order valence-electron chi connectivity index (χ1n) is 11.4. The van der Waals surface area contributed by atoms with Crippen molar-refractivity contribution < 1.29 is 9.47 Å². The molecule has 1 aromatic heterocycles. The van der Waals surface area contributed by atoms with E-state index in [9.17, 15) is 4.79 Å². The summed E-state index contributed by atoms with van der Waals surface area (Å²) in [6.07, 6.45) is 0. The van der Waals surface area contributed by atoms with E-state index < -0.39 is 0 Å². The van der Waals surface area contributed by atoms with Crippen molar-refractivity contribution in [3.63, 3.8) is 0 Å². The van der Waals surface area contributed by atoms with Crippen LogP contribution in [0.1, 0.15) is 5.56 Å². The van der Waals surface area contributed by atoms with Crippen molar-refractivity contribution >= 4 is 22.3 Å². The van der Waals surface area contributed by atoms with Gasteiger partial charge in [0.25, 0.3) is 5.56 Å². The Kier molecular flexibility index (Phi) is 7.20. The third kappa shape index (κ3) is 5.15. The van der Waals surface area contributed by atoms with E-state index in [4.69, 9.17) is 9.47 Å². The third-order valence-corrected chi connectivity index (χ3v) is 6.56. The molecule has 0 atom stereocenters. The van der Waals surface area contributed by atoms with Crippen molar-refractivity contribution in [2.45, 2.75) is 6.54 Å². The Labute approximate surface area is 195 Å². The van der Waals surface area contributed by atoms with Gasteiger partial charge in [-0.1, -0.05) is 0 Å². The van der Waals surface area contributed by atoms with Gasteiger partial charge < -0.3 is 23.8 Å². The second kappa shape index (κ2) is 10.3. The van der Waals surface area contributed by atoms with Crippen LogP contribution in [0.25, 0.3) is 10.9 Å². The summed E-state index contributed by atoms with van der Waals surface area (Å²) in [6.45, 7) is 6.50. The van der Waals surface area contributed by atoms with Gasteiger partial charge in [-0.15, -0.1) is 0 Å². The van der Waals surface area contributed by atoms with Crippen molar-refractivity contribution in [3.8, 4) is 5.75 Å². The molecule has 0 spiro atoms. The van der Waals surface area contributed by atoms with Crippen LogP contribution >= 0.6 is 0 Å². The highest BCUT2D eigenvalue weighted by Crippen LogP contribution is 2.24. The summed E-state index contributed by atoms with van der Waals surface area (Å²) in [6, 6.07) is 16.5. The van der Waals surface area contributed by atoms with E-state index >= 15 is 0 Å². The lowest BCUT2D eigenvalue weighted by atomic mass is 10.1. The Morgan fingerprint density at radius 3 is 2.36 bits per heavy atom. The molecule has 0 unspecified atom stereocenters. The van der Waals surface area contributed by atoms with Gasteiger partial charge in [-0.25, -0.2) is 0 Å². The fourth-order valence-corrected chi connectivity index (χ4v) is 4.47. The van der Waals surface area contributed by atoms with E-state index in [0.29, 0.717) is 6.54 Å². The Hall–Kier alpha value is -3.03. The highest BCUT2D eigenvalue weighted by Gasteiger charge is 2.17. The maximum atomic E-state index is 13.0. The molecule has 0 N–H and O–H groups in total. The van der Waals surface area contributed by atoms with Crippen molar-refractivity contribution in [2.75, 3.05) is 70.4 Å². The zero-order valence-electron chi connectivity index (χ0n) is 20.1. The lowest BCUT2D eigenvalue weighted by Gasteiger charge is -2.36. The van der Waals surface area contributed by atoms with Gasteiger partial charge in [0, 0.05) is 83.5 Å². The number of anilines is 2. The largest absolute Gasteiger partial charge is 0.497 e. The summed E-state index contributed by atoms with van der Waals surface area (Å²) in [7, 11) is 7.24. The van der Waals surface area contributed by atoms with Crippen molar-refractivity contribution in [3.05, 3.63) is 64.4 Å². The number of hydrogen-bond acceptors (Lipinski definition) is 6. The predicted octanol–water partition coefficient (Wildman–Crippen LogP) is 2.95. The molecule has 2 aromatic carbocycles. The molecule has 3 aromatic rings. The van der Waals surface area contributed by atoms with E-state index in [-0.39, 0.29) is 5.56 Å². The monoisotopic (exact) mass is 450 g/mol. The molecule has 0 aliphatic carbocycles. The molecule has 1 fully saturated rings. The summed E-state index contributed by atoms with van der Waals surface area (Å²) in [4.78, 5) is 20.0. The first-order chi connectivity index (χ1) is 16.0. The van der Waals surface area contributed by atoms with Crippen LogP contribution in [0.2, 0.25) is 0 Å². The normalized spacial score (nSPS) is 14.6. The standard InChI is InChI=1S/C26H34N4O3/c1-27(19-21-17-20-5-10-24(33-4)18-25(20)28(2)26(21)31)22-6-8-23(9-7-22)30-13-11-29(12-14-30)15-16-32-3/h5-10,17-18H,11-16,19H2,1-4H3. The Balaban J connectivity index is 1.44. The Morgan fingerprint density at radius 2 is 1.70 bits per heavy atom. The fraction of sp³-hybridized carbons (Fsp3) is 0.423. The SMILES string of the molecule is COCCN1CCN(c2ccc(N(C)Cc3cc4ccc(OC)cc4n(C)c3=O)cc2)CC1. The molecule has 33 heavy (non-hydrogen) atoms. The molecular formula is C26H34N4O3. The fourth-order valence-electron chi connectivity index (χ4n) is 4.47. The van der Waals surface area contributed by atoms with Crippen LogP contribution in [0.3, 0.4) is 0 Å². The molecule has 176 valence electrons. The van der Waals surface area contributed by atoms with Gasteiger partial charge in [0.1, 0.15) is 5.75 Å². The van der Waals surface area contributed by atoms with Gasteiger partial charge in [0.05, 0.1) is 19.2 Å². The van der Waals surface area contributed by atoms with E-state index in [1.807, 2.05) is 38.4 Å². The van der Waals surface area contributed by atoms with Crippen LogP contribution in [0, 0.1) is 0 Å². The van der Waals surface area contributed by atoms with Crippen LogP contribution in [-0.4, -0.2) is 70.1 Å². The molecule has 7 heteroatoms. The highest BCUT2D eigenvalue weighted by atomic mass is 16.5. The molecule has 0 saturated carbocycles. The van der Waals surface area contributed by atoms with E-state index in [1.54, 1.807) is 18.8 Å². The van der Waals surface area contributed by atoms with Gasteiger partial charge in [-0.05, 0) is 47.9 Å². The molecule has 0 amide bonds. The number of methoxy groups -OCH3 is 2. The van der Waals surface area contributed by atoms with E-state index in [2.05, 4.69) is 39.0 Å². The van der Waals surface area contributed by atoms with E-state index in [1.165, 1.54) is 5.69 Å². The number of nitrogens with zero attached hydrogens (tertiary/aromatic N) is 4. The van der Waals surface area contributed by atoms with Crippen molar-refractivity contribution in [1.29, 1.82) is 0 Å². The summed E-state index contributed by atoms with van der Waals surface area (Å²) in [5.41, 5.74) is 4.00. The van der Waals surface area contributed by atoms with Crippen molar-refractivity contribution in [2.24, 2.45) is 7.05 Å². The molecule has 1 saturated heterocycles. The zero-order valence-corrected chi connectivity index (χ0v) is 20.1. The molecule has 0 bridgehead atoms. The lowest BCUT2D eigenvalue weighted by Crippen LogP contribution is -2.47. The minimum Gasteiger partial charge on any atom is -0.497 e. The van der Waals surface area contributed by atoms with E-state index in [0.717, 1.165) is 67.2 Å². The molecule has 0 radical (unpaired) electrons. The molecule has 7 nitrogen and oxygen atoms in total. The van der Waals surface area contributed by atoms with Crippen LogP contribution in [0.4, 0.5) is 11.4 Å².